The van der Waals surface area contributed by atoms with Gasteiger partial charge in [-0.1, -0.05) is 0 Å². The van der Waals surface area contributed by atoms with E-state index in [-0.39, 0.29) is 46.5 Å². The van der Waals surface area contributed by atoms with Crippen molar-refractivity contribution in [1.82, 2.24) is 0 Å². The lowest BCUT2D eigenvalue weighted by atomic mass is 9.95. The topological polar surface area (TPSA) is 107 Å². The van der Waals surface area contributed by atoms with Crippen LogP contribution in [0, 0.1) is 0 Å². The normalized spacial score (nSPS) is 17.1. The number of rotatable bonds is 1. The molecule has 0 bridgehead atoms. The van der Waals surface area contributed by atoms with Crippen molar-refractivity contribution in [1.29, 1.82) is 0 Å². The maximum atomic E-state index is 12.1. The summed E-state index contributed by atoms with van der Waals surface area (Å²) in [6.45, 7) is 0. The fourth-order valence-electron chi connectivity index (χ4n) is 2.42. The largest absolute Gasteiger partial charge is 0.508 e. The molecule has 2 aromatic rings. The second-order valence-corrected chi connectivity index (χ2v) is 4.85. The molecular weight excluding hydrogens is 276 g/mol. The first-order valence-electron chi connectivity index (χ1n) is 6.23. The summed E-state index contributed by atoms with van der Waals surface area (Å²) in [5, 5.41) is 38.2. The van der Waals surface area contributed by atoms with Gasteiger partial charge in [0.25, 0.3) is 0 Å². The maximum absolute atomic E-state index is 12.1. The van der Waals surface area contributed by atoms with E-state index in [1.807, 2.05) is 0 Å². The number of ketones is 1. The average Bonchev–Trinajstić information content (AvgIpc) is 2.35. The van der Waals surface area contributed by atoms with Gasteiger partial charge in [0.15, 0.2) is 5.78 Å². The van der Waals surface area contributed by atoms with Crippen LogP contribution in [0.3, 0.4) is 0 Å². The molecule has 0 amide bonds. The summed E-state index contributed by atoms with van der Waals surface area (Å²) in [7, 11) is 0. The van der Waals surface area contributed by atoms with E-state index in [4.69, 9.17) is 4.74 Å². The van der Waals surface area contributed by atoms with Gasteiger partial charge in [0.05, 0.1) is 6.42 Å². The van der Waals surface area contributed by atoms with Crippen molar-refractivity contribution in [2.24, 2.45) is 0 Å². The number of hydrogen-bond acceptors (Lipinski definition) is 6. The Labute approximate surface area is 119 Å². The highest BCUT2D eigenvalue weighted by atomic mass is 16.5. The first kappa shape index (κ1) is 13.1. The Bertz CT molecular complexity index is 717. The highest BCUT2D eigenvalue weighted by molar-refractivity contribution is 6.02. The van der Waals surface area contributed by atoms with Crippen molar-refractivity contribution in [2.75, 3.05) is 0 Å². The zero-order chi connectivity index (χ0) is 15.1. The fraction of sp³-hybridized carbons (Fsp3) is 0.133. The number of phenols is 4. The summed E-state index contributed by atoms with van der Waals surface area (Å²) in [4.78, 5) is 12.1. The van der Waals surface area contributed by atoms with Crippen LogP contribution in [-0.2, 0) is 0 Å². The van der Waals surface area contributed by atoms with Gasteiger partial charge in [-0.2, -0.15) is 0 Å². The third-order valence-electron chi connectivity index (χ3n) is 3.28. The molecule has 0 radical (unpaired) electrons. The molecular formula is C15H12O6. The molecule has 0 aromatic heterocycles. The lowest BCUT2D eigenvalue weighted by Crippen LogP contribution is -2.20. The van der Waals surface area contributed by atoms with Gasteiger partial charge in [-0.05, 0) is 12.1 Å². The first-order valence-corrected chi connectivity index (χ1v) is 6.23. The number of Topliss-reactive ketones (excluding diaryl/α,β-unsaturated/α-hetero) is 1. The van der Waals surface area contributed by atoms with Crippen LogP contribution in [0.1, 0.15) is 28.4 Å². The highest BCUT2D eigenvalue weighted by Crippen LogP contribution is 2.42. The van der Waals surface area contributed by atoms with E-state index in [1.54, 1.807) is 0 Å². The van der Waals surface area contributed by atoms with Gasteiger partial charge < -0.3 is 25.2 Å². The van der Waals surface area contributed by atoms with Crippen LogP contribution in [0.15, 0.2) is 30.3 Å². The van der Waals surface area contributed by atoms with Crippen LogP contribution in [0.2, 0.25) is 0 Å². The maximum Gasteiger partial charge on any atom is 0.174 e. The van der Waals surface area contributed by atoms with Crippen LogP contribution in [0.4, 0.5) is 0 Å². The van der Waals surface area contributed by atoms with Gasteiger partial charge in [0.2, 0.25) is 0 Å². The average molecular weight is 288 g/mol. The van der Waals surface area contributed by atoms with Gasteiger partial charge in [-0.25, -0.2) is 0 Å². The van der Waals surface area contributed by atoms with Gasteiger partial charge in [-0.15, -0.1) is 0 Å². The molecule has 0 aliphatic carbocycles. The minimum absolute atomic E-state index is 0.0217. The molecule has 1 aliphatic heterocycles. The molecule has 6 heteroatoms. The lowest BCUT2D eigenvalue weighted by Gasteiger charge is -2.26. The number of carbonyl (C=O) groups is 1. The van der Waals surface area contributed by atoms with Crippen LogP contribution >= 0.6 is 0 Å². The minimum Gasteiger partial charge on any atom is -0.508 e. The molecule has 3 rings (SSSR count). The zero-order valence-electron chi connectivity index (χ0n) is 10.8. The number of benzene rings is 2. The lowest BCUT2D eigenvalue weighted by molar-refractivity contribution is 0.0844. The van der Waals surface area contributed by atoms with Crippen molar-refractivity contribution in [2.45, 2.75) is 12.5 Å². The van der Waals surface area contributed by atoms with Gasteiger partial charge in [0, 0.05) is 23.8 Å². The molecule has 0 saturated carbocycles. The minimum atomic E-state index is -0.718. The molecule has 0 spiro atoms. The number of phenolic OH excluding ortho intramolecular Hbond substituents is 4. The van der Waals surface area contributed by atoms with Crippen LogP contribution in [0.25, 0.3) is 0 Å². The summed E-state index contributed by atoms with van der Waals surface area (Å²) >= 11 is 0. The summed E-state index contributed by atoms with van der Waals surface area (Å²) in [5.41, 5.74) is 0.447. The van der Waals surface area contributed by atoms with Gasteiger partial charge in [0.1, 0.15) is 40.4 Å². The molecule has 0 fully saturated rings. The number of hydrogen-bond donors (Lipinski definition) is 4. The number of fused-ring (bicyclic) bond motifs is 1. The number of carbonyl (C=O) groups excluding carboxylic acids is 1. The molecule has 1 aliphatic rings. The fourth-order valence-corrected chi connectivity index (χ4v) is 2.42. The van der Waals surface area contributed by atoms with Gasteiger partial charge in [-0.3, -0.25) is 4.79 Å². The summed E-state index contributed by atoms with van der Waals surface area (Å²) in [6, 6.07) is 6.23. The molecule has 4 N–H and O–H groups in total. The Morgan fingerprint density at radius 3 is 2.19 bits per heavy atom. The van der Waals surface area contributed by atoms with Crippen molar-refractivity contribution in [3.05, 3.63) is 41.5 Å². The molecule has 1 atom stereocenters. The van der Waals surface area contributed by atoms with Crippen molar-refractivity contribution in [3.63, 3.8) is 0 Å². The summed E-state index contributed by atoms with van der Waals surface area (Å²) in [5.74, 6) is -1.14. The number of aromatic hydroxyl groups is 4. The first-order chi connectivity index (χ1) is 9.94. The Hall–Kier alpha value is -2.89. The Kier molecular flexibility index (Phi) is 2.86. The summed E-state index contributed by atoms with van der Waals surface area (Å²) < 4.78 is 5.60. The quantitative estimate of drug-likeness (QED) is 0.641. The smallest absolute Gasteiger partial charge is 0.174 e. The van der Waals surface area contributed by atoms with E-state index in [0.29, 0.717) is 5.56 Å². The van der Waals surface area contributed by atoms with Crippen LogP contribution < -0.4 is 4.74 Å². The monoisotopic (exact) mass is 288 g/mol. The summed E-state index contributed by atoms with van der Waals surface area (Å²) in [6.07, 6.45) is -0.766. The number of ether oxygens (including phenoxy) is 1. The molecule has 108 valence electrons. The second-order valence-electron chi connectivity index (χ2n) is 4.85. The standard InChI is InChI=1S/C15H12O6/c16-8-1-7(2-9(17)3-8)13-6-12(20)15-11(19)4-10(18)5-14(15)21-13/h1-5,13,16-19H,6H2/t13-/m1/s1. The van der Waals surface area contributed by atoms with Crippen LogP contribution in [0.5, 0.6) is 28.7 Å². The van der Waals surface area contributed by atoms with E-state index in [9.17, 15) is 25.2 Å². The molecule has 6 nitrogen and oxygen atoms in total. The van der Waals surface area contributed by atoms with Crippen LogP contribution in [-0.4, -0.2) is 26.2 Å². The van der Waals surface area contributed by atoms with Gasteiger partial charge >= 0.3 is 0 Å². The Morgan fingerprint density at radius 1 is 0.905 bits per heavy atom. The molecule has 21 heavy (non-hydrogen) atoms. The molecule has 0 unspecified atom stereocenters. The third kappa shape index (κ3) is 2.31. The van der Waals surface area contributed by atoms with E-state index >= 15 is 0 Å². The Morgan fingerprint density at radius 2 is 1.52 bits per heavy atom. The second kappa shape index (κ2) is 4.59. The van der Waals surface area contributed by atoms with Crippen molar-refractivity contribution >= 4 is 5.78 Å². The van der Waals surface area contributed by atoms with Crippen molar-refractivity contribution < 1.29 is 30.0 Å². The predicted molar refractivity (Wildman–Crippen MR) is 71.9 cm³/mol. The zero-order valence-corrected chi connectivity index (χ0v) is 10.8. The molecule has 2 aromatic carbocycles. The van der Waals surface area contributed by atoms with E-state index in [0.717, 1.165) is 6.07 Å². The molecule has 0 saturated heterocycles. The van der Waals surface area contributed by atoms with E-state index in [1.165, 1.54) is 24.3 Å². The Balaban J connectivity index is 2.04. The van der Waals surface area contributed by atoms with E-state index in [2.05, 4.69) is 0 Å². The van der Waals surface area contributed by atoms with E-state index < -0.39 is 6.10 Å². The SMILES string of the molecule is O=C1C[C@H](c2cc(O)cc(O)c2)Oc2cc(O)cc(O)c21. The predicted octanol–water partition coefficient (Wildman–Crippen LogP) is 2.22. The molecule has 1 heterocycles. The third-order valence-corrected chi connectivity index (χ3v) is 3.28. The van der Waals surface area contributed by atoms with Crippen molar-refractivity contribution in [3.8, 4) is 28.7 Å². The highest BCUT2D eigenvalue weighted by Gasteiger charge is 2.31.